The lowest BCUT2D eigenvalue weighted by Gasteiger charge is -2.22. The third kappa shape index (κ3) is 5.41. The van der Waals surface area contributed by atoms with Gasteiger partial charge in [0.1, 0.15) is 11.6 Å². The van der Waals surface area contributed by atoms with Gasteiger partial charge in [0.2, 0.25) is 7.37 Å². The number of hydrogen-bond donors (Lipinski definition) is 3. The fraction of sp³-hybridized carbons (Fsp3) is 0.333. The van der Waals surface area contributed by atoms with Crippen molar-refractivity contribution >= 4 is 13.3 Å². The summed E-state index contributed by atoms with van der Waals surface area (Å²) in [6, 6.07) is 15.4. The van der Waals surface area contributed by atoms with Crippen molar-refractivity contribution in [1.82, 2.24) is 9.55 Å². The summed E-state index contributed by atoms with van der Waals surface area (Å²) in [6.45, 7) is 5.19. The summed E-state index contributed by atoms with van der Waals surface area (Å²) < 4.78 is 28.4. The van der Waals surface area contributed by atoms with Gasteiger partial charge in [-0.2, -0.15) is 0 Å². The molecule has 0 aliphatic rings. The van der Waals surface area contributed by atoms with E-state index in [4.69, 9.17) is 10.1 Å². The lowest BCUT2D eigenvalue weighted by molar-refractivity contribution is -0.146. The minimum absolute atomic E-state index is 0.00993. The largest absolute Gasteiger partial charge is 0.479 e. The Bertz CT molecular complexity index is 1160. The number of carbonyl (C=O) groups is 1. The van der Waals surface area contributed by atoms with Crippen molar-refractivity contribution in [3.63, 3.8) is 0 Å². The lowest BCUT2D eigenvalue weighted by atomic mass is 10.1. The van der Waals surface area contributed by atoms with Gasteiger partial charge in [0.05, 0.1) is 11.4 Å². The van der Waals surface area contributed by atoms with E-state index in [2.05, 4.69) is 0 Å². The van der Waals surface area contributed by atoms with Gasteiger partial charge in [-0.05, 0) is 36.6 Å². The van der Waals surface area contributed by atoms with Crippen LogP contribution in [0.25, 0.3) is 17.1 Å². The van der Waals surface area contributed by atoms with Gasteiger partial charge in [-0.15, -0.1) is 0 Å². The van der Waals surface area contributed by atoms with Crippen molar-refractivity contribution < 1.29 is 28.9 Å². The maximum atomic E-state index is 13.6. The molecular weight excluding hydrogens is 446 g/mol. The Hall–Kier alpha value is -2.80. The van der Waals surface area contributed by atoms with E-state index in [1.807, 2.05) is 48.7 Å². The SMILES string of the molecule is CC(C)c1nc(-c2ccccc2)n(-c2ccc(F)cc2)c1CCP(=O)(O)C(C)C(O)C(=O)O. The molecule has 3 aromatic rings. The minimum Gasteiger partial charge on any atom is -0.479 e. The Morgan fingerprint density at radius 2 is 1.70 bits per heavy atom. The average Bonchev–Trinajstić information content (AvgIpc) is 3.17. The number of rotatable bonds is 9. The van der Waals surface area contributed by atoms with E-state index in [1.54, 1.807) is 12.1 Å². The summed E-state index contributed by atoms with van der Waals surface area (Å²) in [7, 11) is -4.02. The fourth-order valence-corrected chi connectivity index (χ4v) is 5.23. The average molecular weight is 474 g/mol. The van der Waals surface area contributed by atoms with E-state index >= 15 is 0 Å². The van der Waals surface area contributed by atoms with Crippen molar-refractivity contribution in [2.75, 3.05) is 6.16 Å². The number of aliphatic carboxylic acids is 1. The van der Waals surface area contributed by atoms with Crippen LogP contribution in [0.2, 0.25) is 0 Å². The molecular formula is C24H28FN2O5P. The fourth-order valence-electron chi connectivity index (χ4n) is 3.72. The van der Waals surface area contributed by atoms with E-state index < -0.39 is 25.1 Å². The molecule has 0 amide bonds. The molecule has 0 saturated carbocycles. The predicted octanol–water partition coefficient (Wildman–Crippen LogP) is 4.45. The number of aliphatic hydroxyl groups excluding tert-OH is 1. The highest BCUT2D eigenvalue weighted by Gasteiger charge is 2.37. The van der Waals surface area contributed by atoms with Gasteiger partial charge in [-0.25, -0.2) is 14.2 Å². The zero-order chi connectivity index (χ0) is 24.3. The van der Waals surface area contributed by atoms with Crippen molar-refractivity contribution in [1.29, 1.82) is 0 Å². The summed E-state index contributed by atoms with van der Waals surface area (Å²) in [5.74, 6) is -1.32. The second-order valence-corrected chi connectivity index (χ2v) is 11.1. The molecule has 1 aromatic heterocycles. The summed E-state index contributed by atoms with van der Waals surface area (Å²) in [5.41, 5.74) is 1.56. The lowest BCUT2D eigenvalue weighted by Crippen LogP contribution is -2.32. The van der Waals surface area contributed by atoms with Crippen molar-refractivity contribution in [2.45, 2.75) is 44.9 Å². The van der Waals surface area contributed by atoms with Crippen LogP contribution in [0.1, 0.15) is 38.1 Å². The molecule has 3 rings (SSSR count). The summed E-state index contributed by atoms with van der Waals surface area (Å²) in [6.07, 6.45) is -2.05. The van der Waals surface area contributed by atoms with E-state index in [-0.39, 0.29) is 24.3 Å². The second-order valence-electron chi connectivity index (χ2n) is 8.35. The number of carboxylic acid groups (broad SMARTS) is 1. The highest BCUT2D eigenvalue weighted by molar-refractivity contribution is 7.58. The van der Waals surface area contributed by atoms with Gasteiger partial charge in [-0.1, -0.05) is 51.1 Å². The Labute approximate surface area is 192 Å². The van der Waals surface area contributed by atoms with Crippen LogP contribution in [0.3, 0.4) is 0 Å². The number of carboxylic acids is 1. The van der Waals surface area contributed by atoms with Crippen LogP contribution < -0.4 is 0 Å². The number of aliphatic hydroxyl groups is 1. The zero-order valence-electron chi connectivity index (χ0n) is 18.7. The Morgan fingerprint density at radius 3 is 2.24 bits per heavy atom. The maximum absolute atomic E-state index is 13.6. The molecule has 1 heterocycles. The van der Waals surface area contributed by atoms with E-state index in [9.17, 15) is 23.7 Å². The highest BCUT2D eigenvalue weighted by Crippen LogP contribution is 2.48. The molecule has 0 saturated heterocycles. The molecule has 0 aliphatic heterocycles. The van der Waals surface area contributed by atoms with Crippen LogP contribution in [0.15, 0.2) is 54.6 Å². The molecule has 3 atom stereocenters. The van der Waals surface area contributed by atoms with Crippen LogP contribution in [0, 0.1) is 5.82 Å². The molecule has 0 spiro atoms. The first kappa shape index (κ1) is 24.8. The molecule has 7 nitrogen and oxygen atoms in total. The first-order valence-corrected chi connectivity index (χ1v) is 12.6. The number of benzene rings is 2. The van der Waals surface area contributed by atoms with E-state index in [0.29, 0.717) is 17.2 Å². The van der Waals surface area contributed by atoms with E-state index in [0.717, 1.165) is 11.3 Å². The van der Waals surface area contributed by atoms with Crippen molar-refractivity contribution in [3.8, 4) is 17.1 Å². The Morgan fingerprint density at radius 1 is 1.09 bits per heavy atom. The number of imidazole rings is 1. The molecule has 0 radical (unpaired) electrons. The number of hydrogen-bond acceptors (Lipinski definition) is 4. The summed E-state index contributed by atoms with van der Waals surface area (Å²) >= 11 is 0. The topological polar surface area (TPSA) is 113 Å². The van der Waals surface area contributed by atoms with Gasteiger partial charge in [0.15, 0.2) is 6.10 Å². The van der Waals surface area contributed by atoms with Gasteiger partial charge >= 0.3 is 5.97 Å². The maximum Gasteiger partial charge on any atom is 0.333 e. The highest BCUT2D eigenvalue weighted by atomic mass is 31.2. The van der Waals surface area contributed by atoms with Crippen LogP contribution in [-0.4, -0.2) is 48.6 Å². The van der Waals surface area contributed by atoms with Crippen molar-refractivity contribution in [2.24, 2.45) is 0 Å². The smallest absolute Gasteiger partial charge is 0.333 e. The van der Waals surface area contributed by atoms with Gasteiger partial charge < -0.3 is 15.1 Å². The third-order valence-electron chi connectivity index (χ3n) is 5.68. The van der Waals surface area contributed by atoms with Crippen LogP contribution in [0.5, 0.6) is 0 Å². The molecule has 0 aliphatic carbocycles. The van der Waals surface area contributed by atoms with Gasteiger partial charge in [0.25, 0.3) is 0 Å². The Kier molecular flexibility index (Phi) is 7.52. The van der Waals surface area contributed by atoms with Crippen LogP contribution >= 0.6 is 7.37 Å². The number of aromatic nitrogens is 2. The molecule has 9 heteroatoms. The van der Waals surface area contributed by atoms with Gasteiger partial charge in [0, 0.05) is 23.1 Å². The molecule has 3 unspecified atom stereocenters. The molecule has 3 N–H and O–H groups in total. The molecule has 176 valence electrons. The normalized spacial score (nSPS) is 15.2. The predicted molar refractivity (Wildman–Crippen MR) is 125 cm³/mol. The standard InChI is InChI=1S/C24H28FN2O5P/c1-15(2)21-20(13-14-33(31,32)16(3)22(28)24(29)30)27(19-11-9-18(25)10-12-19)23(26-21)17-7-5-4-6-8-17/h4-12,15-16,22,28H,13-14H2,1-3H3,(H,29,30)(H,31,32). The van der Waals surface area contributed by atoms with E-state index in [1.165, 1.54) is 19.1 Å². The first-order valence-electron chi connectivity index (χ1n) is 10.7. The van der Waals surface area contributed by atoms with Gasteiger partial charge in [-0.3, -0.25) is 9.13 Å². The molecule has 33 heavy (non-hydrogen) atoms. The zero-order valence-corrected chi connectivity index (χ0v) is 19.6. The number of nitrogens with zero attached hydrogens (tertiary/aromatic N) is 2. The first-order chi connectivity index (χ1) is 15.5. The molecule has 2 aromatic carbocycles. The van der Waals surface area contributed by atoms with Crippen LogP contribution in [-0.2, 0) is 15.8 Å². The summed E-state index contributed by atoms with van der Waals surface area (Å²) in [5, 5.41) is 18.8. The molecule has 0 fully saturated rings. The number of halogens is 1. The molecule has 0 bridgehead atoms. The van der Waals surface area contributed by atoms with Crippen molar-refractivity contribution in [3.05, 3.63) is 71.8 Å². The third-order valence-corrected chi connectivity index (χ3v) is 8.10. The van der Waals surface area contributed by atoms with Crippen LogP contribution in [0.4, 0.5) is 4.39 Å². The Balaban J connectivity index is 2.11. The summed E-state index contributed by atoms with van der Waals surface area (Å²) in [4.78, 5) is 26.5. The monoisotopic (exact) mass is 474 g/mol. The minimum atomic E-state index is -4.02. The second kappa shape index (κ2) is 10.00. The quantitative estimate of drug-likeness (QED) is 0.395.